The van der Waals surface area contributed by atoms with Crippen molar-refractivity contribution in [2.75, 3.05) is 6.61 Å². The molecule has 1 heterocycles. The van der Waals surface area contributed by atoms with E-state index in [1.165, 1.54) is 6.07 Å². The molecule has 0 N–H and O–H groups in total. The monoisotopic (exact) mass is 211 g/mol. The Kier molecular flexibility index (Phi) is 4.21. The molecule has 82 valence electrons. The van der Waals surface area contributed by atoms with E-state index >= 15 is 0 Å². The highest BCUT2D eigenvalue weighted by Gasteiger charge is 2.14. The predicted molar refractivity (Wildman–Crippen MR) is 53.7 cm³/mol. The maximum absolute atomic E-state index is 12.5. The van der Waals surface area contributed by atoms with Gasteiger partial charge in [0.25, 0.3) is 0 Å². The molecule has 0 radical (unpaired) electrons. The Balaban J connectivity index is 2.54. The summed E-state index contributed by atoms with van der Waals surface area (Å²) in [4.78, 5) is 15.2. The fourth-order valence-corrected chi connectivity index (χ4v) is 1.21. The van der Waals surface area contributed by atoms with Gasteiger partial charge in [0, 0.05) is 12.1 Å². The Morgan fingerprint density at radius 1 is 1.60 bits per heavy atom. The molecule has 0 aromatic carbocycles. The molecule has 0 fully saturated rings. The number of pyridine rings is 1. The first kappa shape index (κ1) is 11.6. The molecule has 0 saturated carbocycles. The molecule has 0 spiro atoms. The fraction of sp³-hybridized carbons (Fsp3) is 0.455. The Labute approximate surface area is 88.3 Å². The van der Waals surface area contributed by atoms with Crippen LogP contribution in [0.1, 0.15) is 19.5 Å². The Morgan fingerprint density at radius 3 is 2.87 bits per heavy atom. The topological polar surface area (TPSA) is 39.2 Å². The quantitative estimate of drug-likeness (QED) is 0.715. The van der Waals surface area contributed by atoms with Crippen molar-refractivity contribution in [2.24, 2.45) is 5.92 Å². The number of aromatic nitrogens is 1. The molecule has 4 heteroatoms. The number of hydrogen-bond acceptors (Lipinski definition) is 3. The van der Waals surface area contributed by atoms with Crippen LogP contribution in [0.25, 0.3) is 0 Å². The molecule has 0 aliphatic rings. The minimum Gasteiger partial charge on any atom is -0.466 e. The molecule has 0 aliphatic heterocycles. The van der Waals surface area contributed by atoms with E-state index in [1.54, 1.807) is 19.9 Å². The van der Waals surface area contributed by atoms with Gasteiger partial charge in [-0.3, -0.25) is 9.78 Å². The molecule has 1 aromatic rings. The number of hydrogen-bond donors (Lipinski definition) is 0. The van der Waals surface area contributed by atoms with E-state index in [-0.39, 0.29) is 17.7 Å². The SMILES string of the molecule is CCOC(=O)[C@H](C)Cc1ccc(F)cn1. The summed E-state index contributed by atoms with van der Waals surface area (Å²) >= 11 is 0. The van der Waals surface area contributed by atoms with Gasteiger partial charge in [0.05, 0.1) is 18.7 Å². The first-order valence-electron chi connectivity index (χ1n) is 4.90. The number of halogens is 1. The lowest BCUT2D eigenvalue weighted by Crippen LogP contribution is -2.17. The minimum atomic E-state index is -0.373. The summed E-state index contributed by atoms with van der Waals surface area (Å²) < 4.78 is 17.4. The maximum Gasteiger partial charge on any atom is 0.309 e. The van der Waals surface area contributed by atoms with Crippen LogP contribution >= 0.6 is 0 Å². The van der Waals surface area contributed by atoms with Crippen molar-refractivity contribution in [1.82, 2.24) is 4.98 Å². The first-order valence-corrected chi connectivity index (χ1v) is 4.90. The summed E-state index contributed by atoms with van der Waals surface area (Å²) in [5, 5.41) is 0. The highest BCUT2D eigenvalue weighted by atomic mass is 19.1. The van der Waals surface area contributed by atoms with Gasteiger partial charge < -0.3 is 4.74 Å². The molecule has 0 amide bonds. The maximum atomic E-state index is 12.5. The van der Waals surface area contributed by atoms with Gasteiger partial charge in [-0.2, -0.15) is 0 Å². The zero-order chi connectivity index (χ0) is 11.3. The normalized spacial score (nSPS) is 12.2. The Bertz CT molecular complexity index is 324. The van der Waals surface area contributed by atoms with E-state index in [2.05, 4.69) is 4.98 Å². The predicted octanol–water partition coefficient (Wildman–Crippen LogP) is 1.96. The highest BCUT2D eigenvalue weighted by Crippen LogP contribution is 2.08. The van der Waals surface area contributed by atoms with E-state index in [4.69, 9.17) is 4.74 Å². The fourth-order valence-electron chi connectivity index (χ4n) is 1.21. The third kappa shape index (κ3) is 3.65. The van der Waals surface area contributed by atoms with E-state index in [9.17, 15) is 9.18 Å². The van der Waals surface area contributed by atoms with Gasteiger partial charge in [0.1, 0.15) is 5.82 Å². The van der Waals surface area contributed by atoms with Crippen LogP contribution in [0.15, 0.2) is 18.3 Å². The lowest BCUT2D eigenvalue weighted by Gasteiger charge is -2.09. The van der Waals surface area contributed by atoms with Gasteiger partial charge in [-0.15, -0.1) is 0 Å². The van der Waals surface area contributed by atoms with Gasteiger partial charge in [-0.05, 0) is 19.1 Å². The van der Waals surface area contributed by atoms with Crippen LogP contribution in [0, 0.1) is 11.7 Å². The standard InChI is InChI=1S/C11H14FNO2/c1-3-15-11(14)8(2)6-10-5-4-9(12)7-13-10/h4-5,7-8H,3,6H2,1-2H3/t8-/m1/s1. The average Bonchev–Trinajstić information content (AvgIpc) is 2.22. The van der Waals surface area contributed by atoms with Crippen molar-refractivity contribution < 1.29 is 13.9 Å². The molecule has 0 saturated heterocycles. The van der Waals surface area contributed by atoms with Crippen LogP contribution in [-0.4, -0.2) is 17.6 Å². The summed E-state index contributed by atoms with van der Waals surface area (Å²) in [5.41, 5.74) is 0.692. The first-order chi connectivity index (χ1) is 7.13. The second-order valence-electron chi connectivity index (χ2n) is 3.32. The van der Waals surface area contributed by atoms with E-state index < -0.39 is 0 Å². The molecule has 0 aliphatic carbocycles. The van der Waals surface area contributed by atoms with Crippen molar-refractivity contribution in [1.29, 1.82) is 0 Å². The van der Waals surface area contributed by atoms with Gasteiger partial charge in [0.15, 0.2) is 0 Å². The molecular formula is C11H14FNO2. The van der Waals surface area contributed by atoms with Crippen LogP contribution in [0.5, 0.6) is 0 Å². The number of carbonyl (C=O) groups is 1. The van der Waals surface area contributed by atoms with Crippen LogP contribution in [0.3, 0.4) is 0 Å². The zero-order valence-corrected chi connectivity index (χ0v) is 8.87. The summed E-state index contributed by atoms with van der Waals surface area (Å²) in [5.74, 6) is -0.867. The van der Waals surface area contributed by atoms with Gasteiger partial charge >= 0.3 is 5.97 Å². The molecule has 0 bridgehead atoms. The molecule has 1 atom stereocenters. The molecular weight excluding hydrogens is 197 g/mol. The molecule has 3 nitrogen and oxygen atoms in total. The van der Waals surface area contributed by atoms with Crippen LogP contribution in [-0.2, 0) is 16.0 Å². The van der Waals surface area contributed by atoms with E-state index in [0.29, 0.717) is 18.7 Å². The summed E-state index contributed by atoms with van der Waals surface area (Å²) in [6, 6.07) is 2.91. The highest BCUT2D eigenvalue weighted by molar-refractivity contribution is 5.72. The lowest BCUT2D eigenvalue weighted by molar-refractivity contribution is -0.147. The largest absolute Gasteiger partial charge is 0.466 e. The summed E-state index contributed by atoms with van der Waals surface area (Å²) in [6.45, 7) is 3.91. The third-order valence-electron chi connectivity index (χ3n) is 1.99. The van der Waals surface area contributed by atoms with Crippen molar-refractivity contribution in [3.05, 3.63) is 29.8 Å². The Hall–Kier alpha value is -1.45. The third-order valence-corrected chi connectivity index (χ3v) is 1.99. The molecule has 15 heavy (non-hydrogen) atoms. The van der Waals surface area contributed by atoms with Crippen molar-refractivity contribution in [3.8, 4) is 0 Å². The zero-order valence-electron chi connectivity index (χ0n) is 8.87. The summed E-state index contributed by atoms with van der Waals surface area (Å²) in [7, 11) is 0. The Morgan fingerprint density at radius 2 is 2.33 bits per heavy atom. The number of nitrogens with zero attached hydrogens (tertiary/aromatic N) is 1. The number of carbonyl (C=O) groups excluding carboxylic acids is 1. The second kappa shape index (κ2) is 5.44. The van der Waals surface area contributed by atoms with E-state index in [0.717, 1.165) is 6.20 Å². The van der Waals surface area contributed by atoms with Crippen molar-refractivity contribution in [3.63, 3.8) is 0 Å². The second-order valence-corrected chi connectivity index (χ2v) is 3.32. The van der Waals surface area contributed by atoms with E-state index in [1.807, 2.05) is 0 Å². The average molecular weight is 211 g/mol. The van der Waals surface area contributed by atoms with Crippen LogP contribution in [0.2, 0.25) is 0 Å². The van der Waals surface area contributed by atoms with Gasteiger partial charge in [0.2, 0.25) is 0 Å². The molecule has 1 rings (SSSR count). The van der Waals surface area contributed by atoms with Crippen molar-refractivity contribution in [2.45, 2.75) is 20.3 Å². The molecule has 0 unspecified atom stereocenters. The minimum absolute atomic E-state index is 0.247. The van der Waals surface area contributed by atoms with Gasteiger partial charge in [-0.1, -0.05) is 6.92 Å². The lowest BCUT2D eigenvalue weighted by atomic mass is 10.1. The smallest absolute Gasteiger partial charge is 0.309 e. The van der Waals surface area contributed by atoms with Gasteiger partial charge in [-0.25, -0.2) is 4.39 Å². The summed E-state index contributed by atoms with van der Waals surface area (Å²) in [6.07, 6.45) is 1.62. The molecule has 1 aromatic heterocycles. The number of ether oxygens (including phenoxy) is 1. The van der Waals surface area contributed by atoms with Crippen LogP contribution < -0.4 is 0 Å². The van der Waals surface area contributed by atoms with Crippen molar-refractivity contribution >= 4 is 5.97 Å². The number of esters is 1. The number of rotatable bonds is 4. The van der Waals surface area contributed by atoms with Crippen LogP contribution in [0.4, 0.5) is 4.39 Å².